The summed E-state index contributed by atoms with van der Waals surface area (Å²) in [5, 5.41) is 0. The maximum Gasteiger partial charge on any atom is 0.330 e. The number of hydrogen-bond donors (Lipinski definition) is 0. The van der Waals surface area contributed by atoms with Crippen LogP contribution >= 0.6 is 15.9 Å². The lowest BCUT2D eigenvalue weighted by Crippen LogP contribution is -2.32. The van der Waals surface area contributed by atoms with Gasteiger partial charge in [-0.1, -0.05) is 12.1 Å². The quantitative estimate of drug-likeness (QED) is 0.745. The van der Waals surface area contributed by atoms with Crippen molar-refractivity contribution < 1.29 is 26.7 Å². The molecule has 0 saturated carbocycles. The van der Waals surface area contributed by atoms with Gasteiger partial charge < -0.3 is 4.74 Å². The van der Waals surface area contributed by atoms with E-state index in [0.29, 0.717) is 0 Å². The van der Waals surface area contributed by atoms with Gasteiger partial charge in [-0.2, -0.15) is 8.78 Å². The van der Waals surface area contributed by atoms with E-state index in [1.807, 2.05) is 0 Å². The van der Waals surface area contributed by atoms with Gasteiger partial charge in [0.2, 0.25) is 0 Å². The van der Waals surface area contributed by atoms with Crippen LogP contribution in [0.5, 0.6) is 0 Å². The summed E-state index contributed by atoms with van der Waals surface area (Å²) >= 11 is 2.90. The second-order valence-electron chi connectivity index (χ2n) is 3.27. The average Bonchev–Trinajstić information content (AvgIpc) is 2.24. The summed E-state index contributed by atoms with van der Waals surface area (Å²) in [6, 6.07) is 3.97. The molecule has 0 spiro atoms. The molecule has 0 heterocycles. The summed E-state index contributed by atoms with van der Waals surface area (Å²) in [5.41, 5.74) is 0.273. The summed E-state index contributed by atoms with van der Waals surface area (Å²) in [4.78, 5) is 0. The van der Waals surface area contributed by atoms with Crippen molar-refractivity contribution >= 4 is 15.9 Å². The molecule has 0 atom stereocenters. The second kappa shape index (κ2) is 5.77. The molecule has 0 N–H and O–H groups in total. The molecule has 0 saturated heterocycles. The minimum atomic E-state index is -4.19. The highest BCUT2D eigenvalue weighted by atomic mass is 79.9. The molecule has 0 amide bonds. The Bertz CT molecular complexity index is 383. The Labute approximate surface area is 103 Å². The lowest BCUT2D eigenvalue weighted by atomic mass is 10.2. The first-order valence-corrected chi connectivity index (χ1v) is 5.30. The van der Waals surface area contributed by atoms with Crippen molar-refractivity contribution in [1.82, 2.24) is 0 Å². The molecule has 7 heteroatoms. The minimum Gasteiger partial charge on any atom is -0.370 e. The van der Waals surface area contributed by atoms with Crippen molar-refractivity contribution in [3.05, 3.63) is 34.1 Å². The standard InChI is InChI=1S/C10H8BrF5O/c11-8-6(2-1-3-7(8)12)4-17-5-10(15,16)9(13)14/h1-3,9H,4-5H2. The average molecular weight is 319 g/mol. The van der Waals surface area contributed by atoms with Crippen LogP contribution in [-0.4, -0.2) is 19.0 Å². The first-order chi connectivity index (χ1) is 7.84. The van der Waals surface area contributed by atoms with E-state index in [-0.39, 0.29) is 16.6 Å². The lowest BCUT2D eigenvalue weighted by Gasteiger charge is -2.15. The van der Waals surface area contributed by atoms with Crippen LogP contribution in [0.1, 0.15) is 5.56 Å². The summed E-state index contributed by atoms with van der Waals surface area (Å²) in [7, 11) is 0. The van der Waals surface area contributed by atoms with E-state index in [1.54, 1.807) is 0 Å². The molecule has 0 aromatic heterocycles. The van der Waals surface area contributed by atoms with Crippen molar-refractivity contribution in [2.45, 2.75) is 19.0 Å². The number of rotatable bonds is 5. The molecule has 96 valence electrons. The maximum atomic E-state index is 13.0. The van der Waals surface area contributed by atoms with Gasteiger partial charge in [-0.05, 0) is 27.6 Å². The van der Waals surface area contributed by atoms with Gasteiger partial charge in [-0.15, -0.1) is 0 Å². The third kappa shape index (κ3) is 3.92. The van der Waals surface area contributed by atoms with Crippen molar-refractivity contribution in [3.8, 4) is 0 Å². The summed E-state index contributed by atoms with van der Waals surface area (Å²) in [6.45, 7) is -1.78. The van der Waals surface area contributed by atoms with Crippen LogP contribution in [0.3, 0.4) is 0 Å². The van der Waals surface area contributed by atoms with Crippen LogP contribution in [0, 0.1) is 5.82 Å². The Hall–Kier alpha value is -0.690. The zero-order valence-electron chi connectivity index (χ0n) is 8.40. The van der Waals surface area contributed by atoms with Crippen LogP contribution in [0.15, 0.2) is 22.7 Å². The van der Waals surface area contributed by atoms with Crippen LogP contribution in [0.4, 0.5) is 22.0 Å². The fraction of sp³-hybridized carbons (Fsp3) is 0.400. The van der Waals surface area contributed by atoms with E-state index in [2.05, 4.69) is 20.7 Å². The van der Waals surface area contributed by atoms with Gasteiger partial charge in [-0.25, -0.2) is 13.2 Å². The number of benzene rings is 1. The van der Waals surface area contributed by atoms with Crippen LogP contribution in [0.2, 0.25) is 0 Å². The van der Waals surface area contributed by atoms with Crippen molar-refractivity contribution in [3.63, 3.8) is 0 Å². The largest absolute Gasteiger partial charge is 0.370 e. The highest BCUT2D eigenvalue weighted by Gasteiger charge is 2.40. The van der Waals surface area contributed by atoms with Gasteiger partial charge in [-0.3, -0.25) is 0 Å². The molecule has 17 heavy (non-hydrogen) atoms. The molecular weight excluding hydrogens is 311 g/mol. The predicted octanol–water partition coefficient (Wildman–Crippen LogP) is 4.01. The number of hydrogen-bond acceptors (Lipinski definition) is 1. The van der Waals surface area contributed by atoms with Crippen molar-refractivity contribution in [2.75, 3.05) is 6.61 Å². The molecule has 1 aromatic rings. The van der Waals surface area contributed by atoms with E-state index < -0.39 is 24.8 Å². The highest BCUT2D eigenvalue weighted by molar-refractivity contribution is 9.10. The topological polar surface area (TPSA) is 9.23 Å². The van der Waals surface area contributed by atoms with Gasteiger partial charge in [0.1, 0.15) is 12.4 Å². The van der Waals surface area contributed by atoms with E-state index in [0.717, 1.165) is 0 Å². The van der Waals surface area contributed by atoms with Gasteiger partial charge in [0.15, 0.2) is 0 Å². The van der Waals surface area contributed by atoms with Crippen LogP contribution in [-0.2, 0) is 11.3 Å². The SMILES string of the molecule is Fc1cccc(COCC(F)(F)C(F)F)c1Br. The van der Waals surface area contributed by atoms with Gasteiger partial charge >= 0.3 is 12.3 Å². The van der Waals surface area contributed by atoms with Crippen molar-refractivity contribution in [1.29, 1.82) is 0 Å². The minimum absolute atomic E-state index is 0.0698. The zero-order chi connectivity index (χ0) is 13.1. The Morgan fingerprint density at radius 2 is 1.94 bits per heavy atom. The summed E-state index contributed by atoms with van der Waals surface area (Å²) in [5.74, 6) is -4.77. The van der Waals surface area contributed by atoms with E-state index in [4.69, 9.17) is 0 Å². The molecule has 1 aromatic carbocycles. The number of alkyl halides is 4. The second-order valence-corrected chi connectivity index (χ2v) is 4.06. The third-order valence-electron chi connectivity index (χ3n) is 1.90. The molecule has 0 unspecified atom stereocenters. The van der Waals surface area contributed by atoms with E-state index in [1.165, 1.54) is 18.2 Å². The Balaban J connectivity index is 2.55. The third-order valence-corrected chi connectivity index (χ3v) is 2.79. The fourth-order valence-electron chi connectivity index (χ4n) is 1.02. The molecule has 0 aliphatic heterocycles. The van der Waals surface area contributed by atoms with E-state index in [9.17, 15) is 22.0 Å². The Kier molecular flexibility index (Phi) is 4.88. The fourth-order valence-corrected chi connectivity index (χ4v) is 1.40. The number of ether oxygens (including phenoxy) is 1. The van der Waals surface area contributed by atoms with Crippen molar-refractivity contribution in [2.24, 2.45) is 0 Å². The van der Waals surface area contributed by atoms with Crippen LogP contribution in [0.25, 0.3) is 0 Å². The monoisotopic (exact) mass is 318 g/mol. The molecule has 0 aliphatic rings. The molecule has 1 nitrogen and oxygen atoms in total. The Morgan fingerprint density at radius 1 is 1.29 bits per heavy atom. The zero-order valence-corrected chi connectivity index (χ0v) is 9.99. The first-order valence-electron chi connectivity index (χ1n) is 4.51. The number of halogens is 6. The van der Waals surface area contributed by atoms with Gasteiger partial charge in [0.05, 0.1) is 11.1 Å². The summed E-state index contributed by atoms with van der Waals surface area (Å²) < 4.78 is 66.0. The smallest absolute Gasteiger partial charge is 0.330 e. The molecule has 0 bridgehead atoms. The summed E-state index contributed by atoms with van der Waals surface area (Å²) in [6.07, 6.45) is -3.78. The molecule has 0 fully saturated rings. The molecule has 0 aliphatic carbocycles. The Morgan fingerprint density at radius 3 is 2.53 bits per heavy atom. The molecular formula is C10H8BrF5O. The van der Waals surface area contributed by atoms with Gasteiger partial charge in [0, 0.05) is 0 Å². The maximum absolute atomic E-state index is 13.0. The van der Waals surface area contributed by atoms with Crippen LogP contribution < -0.4 is 0 Å². The van der Waals surface area contributed by atoms with Gasteiger partial charge in [0.25, 0.3) is 0 Å². The lowest BCUT2D eigenvalue weighted by molar-refractivity contribution is -0.168. The highest BCUT2D eigenvalue weighted by Crippen LogP contribution is 2.25. The molecule has 0 radical (unpaired) electrons. The predicted molar refractivity (Wildman–Crippen MR) is 54.7 cm³/mol. The first kappa shape index (κ1) is 14.4. The van der Waals surface area contributed by atoms with E-state index >= 15 is 0 Å². The molecule has 1 rings (SSSR count). The normalized spacial score (nSPS) is 12.2.